The number of nitrogens with one attached hydrogen (secondary N) is 1. The topological polar surface area (TPSA) is 29.9 Å². The molecule has 90 valence electrons. The zero-order chi connectivity index (χ0) is 11.7. The third kappa shape index (κ3) is 2.46. The van der Waals surface area contributed by atoms with Gasteiger partial charge in [-0.25, -0.2) is 0 Å². The molecule has 1 unspecified atom stereocenters. The summed E-state index contributed by atoms with van der Waals surface area (Å²) in [7, 11) is 2.01. The molecule has 0 saturated heterocycles. The van der Waals surface area contributed by atoms with Crippen molar-refractivity contribution in [2.24, 2.45) is 18.9 Å². The maximum Gasteiger partial charge on any atom is 0.0641 e. The van der Waals surface area contributed by atoms with Crippen molar-refractivity contribution >= 4 is 0 Å². The normalized spacial score (nSPS) is 17.8. The van der Waals surface area contributed by atoms with Crippen LogP contribution in [0.15, 0.2) is 0 Å². The molecular formula is C13H23N3. The van der Waals surface area contributed by atoms with Gasteiger partial charge in [-0.1, -0.05) is 6.92 Å². The van der Waals surface area contributed by atoms with E-state index in [1.165, 1.54) is 24.1 Å². The molecule has 0 aliphatic heterocycles. The van der Waals surface area contributed by atoms with Crippen LogP contribution in [0.1, 0.15) is 36.7 Å². The molecule has 1 aromatic heterocycles. The molecule has 1 fully saturated rings. The molecule has 0 spiro atoms. The van der Waals surface area contributed by atoms with Crippen LogP contribution in [0, 0.1) is 25.7 Å². The van der Waals surface area contributed by atoms with E-state index in [2.05, 4.69) is 31.2 Å². The molecule has 1 N–H and O–H groups in total. The molecule has 1 aliphatic rings. The van der Waals surface area contributed by atoms with E-state index in [1.807, 2.05) is 11.7 Å². The van der Waals surface area contributed by atoms with Crippen LogP contribution in [0.2, 0.25) is 0 Å². The molecule has 0 radical (unpaired) electrons. The average molecular weight is 221 g/mol. The van der Waals surface area contributed by atoms with Crippen molar-refractivity contribution in [1.29, 1.82) is 0 Å². The van der Waals surface area contributed by atoms with Gasteiger partial charge in [0.2, 0.25) is 0 Å². The molecule has 0 amide bonds. The van der Waals surface area contributed by atoms with Crippen molar-refractivity contribution in [3.05, 3.63) is 17.0 Å². The Kier molecular flexibility index (Phi) is 3.33. The minimum absolute atomic E-state index is 0.831. The van der Waals surface area contributed by atoms with Crippen molar-refractivity contribution in [1.82, 2.24) is 15.1 Å². The zero-order valence-electron chi connectivity index (χ0n) is 10.9. The van der Waals surface area contributed by atoms with E-state index in [4.69, 9.17) is 0 Å². The highest BCUT2D eigenvalue weighted by molar-refractivity contribution is 5.23. The van der Waals surface area contributed by atoms with Crippen LogP contribution in [-0.4, -0.2) is 16.3 Å². The lowest BCUT2D eigenvalue weighted by Crippen LogP contribution is -2.22. The third-order valence-corrected chi connectivity index (χ3v) is 3.85. The highest BCUT2D eigenvalue weighted by Gasteiger charge is 2.27. The highest BCUT2D eigenvalue weighted by Crippen LogP contribution is 2.36. The van der Waals surface area contributed by atoms with E-state index in [-0.39, 0.29) is 0 Å². The lowest BCUT2D eigenvalue weighted by Gasteiger charge is -2.11. The summed E-state index contributed by atoms with van der Waals surface area (Å²) in [6.45, 7) is 8.68. The monoisotopic (exact) mass is 221 g/mol. The Morgan fingerprint density at radius 3 is 2.62 bits per heavy atom. The van der Waals surface area contributed by atoms with Crippen LogP contribution in [0.5, 0.6) is 0 Å². The molecule has 3 nitrogen and oxygen atoms in total. The Hall–Kier alpha value is -0.830. The van der Waals surface area contributed by atoms with Gasteiger partial charge in [0, 0.05) is 24.8 Å². The molecule has 1 saturated carbocycles. The first-order valence-electron chi connectivity index (χ1n) is 6.29. The first-order valence-corrected chi connectivity index (χ1v) is 6.29. The van der Waals surface area contributed by atoms with Crippen molar-refractivity contribution in [2.75, 3.05) is 6.54 Å². The second kappa shape index (κ2) is 4.58. The summed E-state index contributed by atoms with van der Waals surface area (Å²) < 4.78 is 1.97. The number of rotatable bonds is 5. The Labute approximate surface area is 98.2 Å². The van der Waals surface area contributed by atoms with Gasteiger partial charge in [0.25, 0.3) is 0 Å². The number of nitrogens with zero attached hydrogens (tertiary/aromatic N) is 2. The predicted molar refractivity (Wildman–Crippen MR) is 66.3 cm³/mol. The van der Waals surface area contributed by atoms with Crippen molar-refractivity contribution in [2.45, 2.75) is 40.2 Å². The molecule has 0 aromatic carbocycles. The van der Waals surface area contributed by atoms with Crippen LogP contribution >= 0.6 is 0 Å². The van der Waals surface area contributed by atoms with E-state index >= 15 is 0 Å². The summed E-state index contributed by atoms with van der Waals surface area (Å²) in [5, 5.41) is 8.00. The summed E-state index contributed by atoms with van der Waals surface area (Å²) in [5.74, 6) is 1.82. The Morgan fingerprint density at radius 2 is 2.12 bits per heavy atom. The first kappa shape index (κ1) is 11.6. The van der Waals surface area contributed by atoms with E-state index in [1.54, 1.807) is 0 Å². The van der Waals surface area contributed by atoms with Crippen LogP contribution in [0.25, 0.3) is 0 Å². The number of hydrogen-bond acceptors (Lipinski definition) is 2. The number of hydrogen-bond donors (Lipinski definition) is 1. The lowest BCUT2D eigenvalue weighted by molar-refractivity contribution is 0.461. The maximum absolute atomic E-state index is 4.43. The lowest BCUT2D eigenvalue weighted by atomic mass is 10.1. The fourth-order valence-corrected chi connectivity index (χ4v) is 2.33. The van der Waals surface area contributed by atoms with Gasteiger partial charge in [0.15, 0.2) is 0 Å². The first-order chi connectivity index (χ1) is 7.59. The van der Waals surface area contributed by atoms with Gasteiger partial charge >= 0.3 is 0 Å². The summed E-state index contributed by atoms with van der Waals surface area (Å²) >= 11 is 0. The Bertz CT molecular complexity index is 363. The van der Waals surface area contributed by atoms with Crippen molar-refractivity contribution < 1.29 is 0 Å². The largest absolute Gasteiger partial charge is 0.312 e. The van der Waals surface area contributed by atoms with Crippen LogP contribution in [-0.2, 0) is 13.6 Å². The van der Waals surface area contributed by atoms with E-state index in [0.29, 0.717) is 0 Å². The van der Waals surface area contributed by atoms with Gasteiger partial charge in [0.05, 0.1) is 5.69 Å². The van der Waals surface area contributed by atoms with Gasteiger partial charge in [0.1, 0.15) is 0 Å². The molecule has 1 aromatic rings. The van der Waals surface area contributed by atoms with Gasteiger partial charge < -0.3 is 5.32 Å². The van der Waals surface area contributed by atoms with E-state index in [0.717, 1.165) is 30.6 Å². The summed E-state index contributed by atoms with van der Waals surface area (Å²) in [4.78, 5) is 0. The second-order valence-electron chi connectivity index (χ2n) is 5.22. The molecule has 2 rings (SSSR count). The molecular weight excluding hydrogens is 198 g/mol. The van der Waals surface area contributed by atoms with Gasteiger partial charge in [-0.15, -0.1) is 0 Å². The van der Waals surface area contributed by atoms with Crippen molar-refractivity contribution in [3.63, 3.8) is 0 Å². The third-order valence-electron chi connectivity index (χ3n) is 3.85. The van der Waals surface area contributed by atoms with E-state index in [9.17, 15) is 0 Å². The standard InChI is InChI=1S/C13H23N3/c1-9(12-5-6-12)7-14-8-13-10(2)15-16(4)11(13)3/h9,12,14H,5-8H2,1-4H3. The predicted octanol–water partition coefficient (Wildman–Crippen LogP) is 2.17. The van der Waals surface area contributed by atoms with Gasteiger partial charge in [-0.2, -0.15) is 5.10 Å². The maximum atomic E-state index is 4.43. The Balaban J connectivity index is 1.84. The molecule has 16 heavy (non-hydrogen) atoms. The highest BCUT2D eigenvalue weighted by atomic mass is 15.3. The fraction of sp³-hybridized carbons (Fsp3) is 0.769. The molecule has 1 atom stereocenters. The van der Waals surface area contributed by atoms with E-state index < -0.39 is 0 Å². The van der Waals surface area contributed by atoms with Crippen LogP contribution in [0.4, 0.5) is 0 Å². The molecule has 3 heteroatoms. The molecule has 1 aliphatic carbocycles. The van der Waals surface area contributed by atoms with Gasteiger partial charge in [-0.05, 0) is 45.1 Å². The number of aromatic nitrogens is 2. The summed E-state index contributed by atoms with van der Waals surface area (Å²) in [5.41, 5.74) is 3.81. The van der Waals surface area contributed by atoms with Crippen LogP contribution < -0.4 is 5.32 Å². The molecule has 1 heterocycles. The smallest absolute Gasteiger partial charge is 0.0641 e. The summed E-state index contributed by atoms with van der Waals surface area (Å²) in [6, 6.07) is 0. The number of aryl methyl sites for hydroxylation is 2. The minimum Gasteiger partial charge on any atom is -0.312 e. The Morgan fingerprint density at radius 1 is 1.44 bits per heavy atom. The van der Waals surface area contributed by atoms with Crippen LogP contribution in [0.3, 0.4) is 0 Å². The average Bonchev–Trinajstić information content (AvgIpc) is 3.02. The van der Waals surface area contributed by atoms with Gasteiger partial charge in [-0.3, -0.25) is 4.68 Å². The fourth-order valence-electron chi connectivity index (χ4n) is 2.33. The zero-order valence-corrected chi connectivity index (χ0v) is 10.9. The summed E-state index contributed by atoms with van der Waals surface area (Å²) in [6.07, 6.45) is 2.88. The quantitative estimate of drug-likeness (QED) is 0.826. The minimum atomic E-state index is 0.831. The SMILES string of the molecule is Cc1nn(C)c(C)c1CNCC(C)C1CC1. The molecule has 0 bridgehead atoms. The van der Waals surface area contributed by atoms with Crippen molar-refractivity contribution in [3.8, 4) is 0 Å². The second-order valence-corrected chi connectivity index (χ2v) is 5.22.